The van der Waals surface area contributed by atoms with Gasteiger partial charge in [0.05, 0.1) is 6.26 Å². The molecule has 0 spiro atoms. The summed E-state index contributed by atoms with van der Waals surface area (Å²) in [5.74, 6) is 0.929. The summed E-state index contributed by atoms with van der Waals surface area (Å²) in [4.78, 5) is 15.9. The fourth-order valence-electron chi connectivity index (χ4n) is 1.96. The number of nitrogens with one attached hydrogen (secondary N) is 1. The molecule has 106 valence electrons. The highest BCUT2D eigenvalue weighted by molar-refractivity contribution is 5.76. The first kappa shape index (κ1) is 14.3. The van der Waals surface area contributed by atoms with Gasteiger partial charge < -0.3 is 9.73 Å². The average molecular weight is 272 g/mol. The SMILES string of the molecule is CC(C)(CNC(=O)CCc1cccnc1)c1ccco1. The van der Waals surface area contributed by atoms with Crippen molar-refractivity contribution in [3.8, 4) is 0 Å². The number of aromatic nitrogens is 1. The van der Waals surface area contributed by atoms with Crippen LogP contribution >= 0.6 is 0 Å². The zero-order valence-corrected chi connectivity index (χ0v) is 11.9. The maximum Gasteiger partial charge on any atom is 0.220 e. The second-order valence-electron chi connectivity index (χ2n) is 5.50. The number of hydrogen-bond donors (Lipinski definition) is 1. The van der Waals surface area contributed by atoms with Crippen LogP contribution in [0.5, 0.6) is 0 Å². The monoisotopic (exact) mass is 272 g/mol. The molecule has 0 saturated heterocycles. The molecular weight excluding hydrogens is 252 g/mol. The van der Waals surface area contributed by atoms with Crippen LogP contribution in [0.2, 0.25) is 0 Å². The number of aryl methyl sites for hydroxylation is 1. The van der Waals surface area contributed by atoms with Gasteiger partial charge in [0.15, 0.2) is 0 Å². The third kappa shape index (κ3) is 3.95. The molecule has 0 saturated carbocycles. The van der Waals surface area contributed by atoms with Gasteiger partial charge in [0.1, 0.15) is 5.76 Å². The first-order valence-corrected chi connectivity index (χ1v) is 6.77. The first-order valence-electron chi connectivity index (χ1n) is 6.77. The average Bonchev–Trinajstić information content (AvgIpc) is 2.99. The van der Waals surface area contributed by atoms with Crippen molar-refractivity contribution in [1.29, 1.82) is 0 Å². The van der Waals surface area contributed by atoms with Crippen molar-refractivity contribution in [3.63, 3.8) is 0 Å². The van der Waals surface area contributed by atoms with E-state index in [9.17, 15) is 4.79 Å². The normalized spacial score (nSPS) is 11.3. The molecule has 0 radical (unpaired) electrons. The maximum atomic E-state index is 11.9. The smallest absolute Gasteiger partial charge is 0.220 e. The molecule has 0 bridgehead atoms. The van der Waals surface area contributed by atoms with Crippen molar-refractivity contribution in [3.05, 3.63) is 54.2 Å². The van der Waals surface area contributed by atoms with Crippen LogP contribution in [0.15, 0.2) is 47.3 Å². The van der Waals surface area contributed by atoms with Gasteiger partial charge in [-0.3, -0.25) is 9.78 Å². The van der Waals surface area contributed by atoms with Crippen molar-refractivity contribution < 1.29 is 9.21 Å². The van der Waals surface area contributed by atoms with E-state index < -0.39 is 0 Å². The van der Waals surface area contributed by atoms with Gasteiger partial charge >= 0.3 is 0 Å². The summed E-state index contributed by atoms with van der Waals surface area (Å²) in [6.07, 6.45) is 6.36. The molecule has 0 aliphatic carbocycles. The molecule has 0 atom stereocenters. The summed E-state index contributed by atoms with van der Waals surface area (Å²) >= 11 is 0. The van der Waals surface area contributed by atoms with Crippen LogP contribution in [0, 0.1) is 0 Å². The highest BCUT2D eigenvalue weighted by Crippen LogP contribution is 2.22. The number of carbonyl (C=O) groups is 1. The Hall–Kier alpha value is -2.10. The van der Waals surface area contributed by atoms with Crippen LogP contribution in [-0.4, -0.2) is 17.4 Å². The largest absolute Gasteiger partial charge is 0.469 e. The molecule has 4 nitrogen and oxygen atoms in total. The summed E-state index contributed by atoms with van der Waals surface area (Å²) in [5, 5.41) is 2.96. The molecule has 2 heterocycles. The van der Waals surface area contributed by atoms with Crippen molar-refractivity contribution >= 4 is 5.91 Å². The van der Waals surface area contributed by atoms with Crippen LogP contribution in [0.4, 0.5) is 0 Å². The summed E-state index contributed by atoms with van der Waals surface area (Å²) < 4.78 is 5.40. The summed E-state index contributed by atoms with van der Waals surface area (Å²) in [6.45, 7) is 4.66. The maximum absolute atomic E-state index is 11.9. The Kier molecular flexibility index (Phi) is 4.56. The summed E-state index contributed by atoms with van der Waals surface area (Å²) in [5.41, 5.74) is 0.876. The number of rotatable bonds is 6. The topological polar surface area (TPSA) is 55.1 Å². The fourth-order valence-corrected chi connectivity index (χ4v) is 1.96. The number of nitrogens with zero attached hydrogens (tertiary/aromatic N) is 1. The Labute approximate surface area is 119 Å². The molecule has 1 N–H and O–H groups in total. The predicted octanol–water partition coefficient (Wildman–Crippen LogP) is 2.70. The van der Waals surface area contributed by atoms with E-state index in [1.807, 2.05) is 38.1 Å². The van der Waals surface area contributed by atoms with E-state index in [-0.39, 0.29) is 11.3 Å². The number of pyridine rings is 1. The van der Waals surface area contributed by atoms with Gasteiger partial charge in [-0.25, -0.2) is 0 Å². The van der Waals surface area contributed by atoms with Crippen LogP contribution in [0.1, 0.15) is 31.6 Å². The number of amides is 1. The molecule has 2 rings (SSSR count). The third-order valence-electron chi connectivity index (χ3n) is 3.28. The first-order chi connectivity index (χ1) is 9.58. The minimum absolute atomic E-state index is 0.0495. The third-order valence-corrected chi connectivity index (χ3v) is 3.28. The van der Waals surface area contributed by atoms with Gasteiger partial charge in [-0.1, -0.05) is 19.9 Å². The van der Waals surface area contributed by atoms with Crippen LogP contribution in [0.3, 0.4) is 0 Å². The molecule has 0 fully saturated rings. The molecule has 0 aromatic carbocycles. The highest BCUT2D eigenvalue weighted by Gasteiger charge is 2.24. The van der Waals surface area contributed by atoms with E-state index in [2.05, 4.69) is 10.3 Å². The Bertz CT molecular complexity index is 533. The van der Waals surface area contributed by atoms with Gasteiger partial charge in [0.25, 0.3) is 0 Å². The second-order valence-corrected chi connectivity index (χ2v) is 5.50. The van der Waals surface area contributed by atoms with Crippen molar-refractivity contribution in [2.75, 3.05) is 6.54 Å². The number of furan rings is 1. The lowest BCUT2D eigenvalue weighted by Gasteiger charge is -2.22. The van der Waals surface area contributed by atoms with Gasteiger partial charge in [-0.15, -0.1) is 0 Å². The van der Waals surface area contributed by atoms with Gasteiger partial charge in [0, 0.05) is 30.8 Å². The van der Waals surface area contributed by atoms with E-state index in [4.69, 9.17) is 4.42 Å². The zero-order valence-electron chi connectivity index (χ0n) is 11.9. The van der Waals surface area contributed by atoms with Gasteiger partial charge in [0.2, 0.25) is 5.91 Å². The molecule has 0 aliphatic heterocycles. The van der Waals surface area contributed by atoms with Gasteiger partial charge in [-0.05, 0) is 30.2 Å². The molecule has 4 heteroatoms. The Morgan fingerprint density at radius 3 is 2.85 bits per heavy atom. The summed E-state index contributed by atoms with van der Waals surface area (Å²) in [6, 6.07) is 7.66. The molecular formula is C16H20N2O2. The van der Waals surface area contributed by atoms with E-state index in [0.717, 1.165) is 11.3 Å². The molecule has 2 aromatic heterocycles. The van der Waals surface area contributed by atoms with E-state index in [1.54, 1.807) is 18.7 Å². The lowest BCUT2D eigenvalue weighted by molar-refractivity contribution is -0.121. The lowest BCUT2D eigenvalue weighted by Crippen LogP contribution is -2.36. The van der Waals surface area contributed by atoms with Crippen molar-refractivity contribution in [1.82, 2.24) is 10.3 Å². The predicted molar refractivity (Wildman–Crippen MR) is 77.3 cm³/mol. The second kappa shape index (κ2) is 6.37. The lowest BCUT2D eigenvalue weighted by atomic mass is 9.90. The molecule has 1 amide bonds. The van der Waals surface area contributed by atoms with E-state index in [0.29, 0.717) is 19.4 Å². The number of carbonyl (C=O) groups excluding carboxylic acids is 1. The summed E-state index contributed by atoms with van der Waals surface area (Å²) in [7, 11) is 0. The highest BCUT2D eigenvalue weighted by atomic mass is 16.3. The van der Waals surface area contributed by atoms with E-state index >= 15 is 0 Å². The van der Waals surface area contributed by atoms with E-state index in [1.165, 1.54) is 0 Å². The van der Waals surface area contributed by atoms with Gasteiger partial charge in [-0.2, -0.15) is 0 Å². The molecule has 0 aliphatic rings. The quantitative estimate of drug-likeness (QED) is 0.879. The van der Waals surface area contributed by atoms with Crippen LogP contribution in [0.25, 0.3) is 0 Å². The molecule has 2 aromatic rings. The van der Waals surface area contributed by atoms with Crippen LogP contribution in [-0.2, 0) is 16.6 Å². The molecule has 0 unspecified atom stereocenters. The standard InChI is InChI=1S/C16H20N2O2/c1-16(2,14-6-4-10-20-14)12-18-15(19)8-7-13-5-3-9-17-11-13/h3-6,9-11H,7-8,12H2,1-2H3,(H,18,19). The minimum Gasteiger partial charge on any atom is -0.469 e. The molecule has 20 heavy (non-hydrogen) atoms. The van der Waals surface area contributed by atoms with Crippen LogP contribution < -0.4 is 5.32 Å². The number of hydrogen-bond acceptors (Lipinski definition) is 3. The minimum atomic E-state index is -0.201. The Morgan fingerprint density at radius 2 is 2.20 bits per heavy atom. The fraction of sp³-hybridized carbons (Fsp3) is 0.375. The Morgan fingerprint density at radius 1 is 1.35 bits per heavy atom. The van der Waals surface area contributed by atoms with Crippen molar-refractivity contribution in [2.45, 2.75) is 32.1 Å². The Balaban J connectivity index is 1.78. The van der Waals surface area contributed by atoms with Crippen molar-refractivity contribution in [2.24, 2.45) is 0 Å². The zero-order chi connectivity index (χ0) is 14.4.